The summed E-state index contributed by atoms with van der Waals surface area (Å²) in [5.74, 6) is 0.0463. The van der Waals surface area contributed by atoms with Crippen LogP contribution >= 0.6 is 39.1 Å². The number of methoxy groups -OCH3 is 1. The second-order valence-electron chi connectivity index (χ2n) is 4.27. The predicted octanol–water partition coefficient (Wildman–Crippen LogP) is 5.77. The number of ether oxygens (including phenoxy) is 1. The van der Waals surface area contributed by atoms with Gasteiger partial charge in [0.25, 0.3) is 0 Å². The SMILES string of the molecule is COc1cc(F)c(Br)cc1C(Cl)Cc1ccccc1Cl. The van der Waals surface area contributed by atoms with Crippen LogP contribution in [0.3, 0.4) is 0 Å². The van der Waals surface area contributed by atoms with Crippen LogP contribution in [0.5, 0.6) is 5.75 Å². The molecule has 0 aliphatic heterocycles. The molecule has 0 bridgehead atoms. The lowest BCUT2D eigenvalue weighted by atomic mass is 10.0. The summed E-state index contributed by atoms with van der Waals surface area (Å²) in [5, 5.41) is 0.306. The molecule has 0 heterocycles. The summed E-state index contributed by atoms with van der Waals surface area (Å²) < 4.78 is 19.1. The number of hydrogen-bond acceptors (Lipinski definition) is 1. The van der Waals surface area contributed by atoms with E-state index in [1.165, 1.54) is 13.2 Å². The standard InChI is InChI=1S/C15H12BrCl2FO/c1-20-15-8-14(19)11(16)7-10(15)13(18)6-9-4-2-3-5-12(9)17/h2-5,7-8,13H,6H2,1H3. The minimum Gasteiger partial charge on any atom is -0.496 e. The van der Waals surface area contributed by atoms with E-state index in [4.69, 9.17) is 27.9 Å². The Labute approximate surface area is 135 Å². The molecule has 0 saturated heterocycles. The van der Waals surface area contributed by atoms with Crippen LogP contribution in [0.25, 0.3) is 0 Å². The van der Waals surface area contributed by atoms with Crippen LogP contribution in [0.1, 0.15) is 16.5 Å². The maximum atomic E-state index is 13.5. The molecule has 0 aliphatic rings. The highest BCUT2D eigenvalue weighted by molar-refractivity contribution is 9.10. The van der Waals surface area contributed by atoms with E-state index in [0.29, 0.717) is 21.7 Å². The van der Waals surface area contributed by atoms with Crippen molar-refractivity contribution in [2.75, 3.05) is 7.11 Å². The lowest BCUT2D eigenvalue weighted by Gasteiger charge is -2.15. The zero-order valence-electron chi connectivity index (χ0n) is 10.7. The van der Waals surface area contributed by atoms with Gasteiger partial charge in [-0.05, 0) is 40.0 Å². The fourth-order valence-electron chi connectivity index (χ4n) is 1.93. The summed E-state index contributed by atoms with van der Waals surface area (Å²) >= 11 is 15.7. The van der Waals surface area contributed by atoms with Gasteiger partial charge in [0, 0.05) is 16.7 Å². The highest BCUT2D eigenvalue weighted by Crippen LogP contribution is 2.36. The Bertz CT molecular complexity index is 619. The van der Waals surface area contributed by atoms with Gasteiger partial charge < -0.3 is 4.74 Å². The van der Waals surface area contributed by atoms with Gasteiger partial charge in [0.1, 0.15) is 11.6 Å². The van der Waals surface area contributed by atoms with Crippen molar-refractivity contribution in [2.45, 2.75) is 11.8 Å². The fraction of sp³-hybridized carbons (Fsp3) is 0.200. The van der Waals surface area contributed by atoms with E-state index in [1.54, 1.807) is 6.07 Å². The fourth-order valence-corrected chi connectivity index (χ4v) is 2.84. The summed E-state index contributed by atoms with van der Waals surface area (Å²) in [6, 6.07) is 10.5. The summed E-state index contributed by atoms with van der Waals surface area (Å²) in [5.41, 5.74) is 1.67. The Balaban J connectivity index is 2.32. The van der Waals surface area contributed by atoms with E-state index in [0.717, 1.165) is 11.1 Å². The number of hydrogen-bond donors (Lipinski definition) is 0. The van der Waals surface area contributed by atoms with E-state index >= 15 is 0 Å². The van der Waals surface area contributed by atoms with E-state index in [2.05, 4.69) is 15.9 Å². The van der Waals surface area contributed by atoms with Gasteiger partial charge in [-0.3, -0.25) is 0 Å². The second-order valence-corrected chi connectivity index (χ2v) is 6.06. The largest absolute Gasteiger partial charge is 0.496 e. The Morgan fingerprint density at radius 2 is 2.00 bits per heavy atom. The average Bonchev–Trinajstić information content (AvgIpc) is 2.43. The number of halogens is 4. The van der Waals surface area contributed by atoms with Crippen molar-refractivity contribution in [1.82, 2.24) is 0 Å². The maximum Gasteiger partial charge on any atom is 0.141 e. The Morgan fingerprint density at radius 3 is 2.65 bits per heavy atom. The van der Waals surface area contributed by atoms with Gasteiger partial charge in [0.2, 0.25) is 0 Å². The van der Waals surface area contributed by atoms with Crippen molar-refractivity contribution in [2.24, 2.45) is 0 Å². The van der Waals surface area contributed by atoms with Crippen molar-refractivity contribution in [1.29, 1.82) is 0 Å². The molecular weight excluding hydrogens is 366 g/mol. The van der Waals surface area contributed by atoms with E-state index in [1.807, 2.05) is 24.3 Å². The molecule has 2 rings (SSSR count). The molecule has 0 N–H and O–H groups in total. The van der Waals surface area contributed by atoms with Gasteiger partial charge >= 0.3 is 0 Å². The molecule has 0 radical (unpaired) electrons. The molecule has 1 atom stereocenters. The van der Waals surface area contributed by atoms with Gasteiger partial charge in [0.15, 0.2) is 0 Å². The number of benzene rings is 2. The van der Waals surface area contributed by atoms with Crippen LogP contribution in [0.4, 0.5) is 4.39 Å². The molecule has 0 saturated carbocycles. The summed E-state index contributed by atoms with van der Waals surface area (Å²) in [7, 11) is 1.49. The Hall–Kier alpha value is -0.770. The smallest absolute Gasteiger partial charge is 0.141 e. The van der Waals surface area contributed by atoms with Crippen LogP contribution in [0.15, 0.2) is 40.9 Å². The highest BCUT2D eigenvalue weighted by atomic mass is 79.9. The molecule has 2 aromatic rings. The van der Waals surface area contributed by atoms with Crippen molar-refractivity contribution in [3.05, 3.63) is 62.8 Å². The van der Waals surface area contributed by atoms with Gasteiger partial charge in [-0.2, -0.15) is 0 Å². The van der Waals surface area contributed by atoms with E-state index < -0.39 is 0 Å². The third-order valence-electron chi connectivity index (χ3n) is 2.97. The summed E-state index contributed by atoms with van der Waals surface area (Å²) in [4.78, 5) is 0. The summed E-state index contributed by atoms with van der Waals surface area (Å²) in [6.45, 7) is 0. The molecule has 20 heavy (non-hydrogen) atoms. The second kappa shape index (κ2) is 6.79. The van der Waals surface area contributed by atoms with Crippen LogP contribution in [-0.2, 0) is 6.42 Å². The quantitative estimate of drug-likeness (QED) is 0.614. The van der Waals surface area contributed by atoms with Gasteiger partial charge in [-0.25, -0.2) is 4.39 Å². The molecule has 106 valence electrons. The zero-order valence-corrected chi connectivity index (χ0v) is 13.8. The normalized spacial score (nSPS) is 12.2. The number of rotatable bonds is 4. The van der Waals surface area contributed by atoms with Crippen LogP contribution in [0, 0.1) is 5.82 Å². The monoisotopic (exact) mass is 376 g/mol. The van der Waals surface area contributed by atoms with Crippen molar-refractivity contribution in [3.63, 3.8) is 0 Å². The first kappa shape index (κ1) is 15.6. The zero-order chi connectivity index (χ0) is 14.7. The minimum atomic E-state index is -0.382. The van der Waals surface area contributed by atoms with Gasteiger partial charge in [-0.15, -0.1) is 11.6 Å². The lowest BCUT2D eigenvalue weighted by molar-refractivity contribution is 0.405. The summed E-state index contributed by atoms with van der Waals surface area (Å²) in [6.07, 6.45) is 0.537. The van der Waals surface area contributed by atoms with Crippen molar-refractivity contribution >= 4 is 39.1 Å². The molecule has 0 amide bonds. The van der Waals surface area contributed by atoms with Gasteiger partial charge in [0.05, 0.1) is 17.0 Å². The topological polar surface area (TPSA) is 9.23 Å². The average molecular weight is 378 g/mol. The lowest BCUT2D eigenvalue weighted by Crippen LogP contribution is -2.01. The van der Waals surface area contributed by atoms with Crippen LogP contribution in [0.2, 0.25) is 5.02 Å². The van der Waals surface area contributed by atoms with Crippen LogP contribution < -0.4 is 4.74 Å². The highest BCUT2D eigenvalue weighted by Gasteiger charge is 2.18. The molecule has 2 aromatic carbocycles. The first-order chi connectivity index (χ1) is 9.52. The predicted molar refractivity (Wildman–Crippen MR) is 84.4 cm³/mol. The van der Waals surface area contributed by atoms with Crippen LogP contribution in [-0.4, -0.2) is 7.11 Å². The van der Waals surface area contributed by atoms with E-state index in [9.17, 15) is 4.39 Å². The molecule has 0 fully saturated rings. The maximum absolute atomic E-state index is 13.5. The molecule has 0 aromatic heterocycles. The molecule has 1 unspecified atom stereocenters. The first-order valence-electron chi connectivity index (χ1n) is 5.93. The van der Waals surface area contributed by atoms with E-state index in [-0.39, 0.29) is 11.2 Å². The van der Waals surface area contributed by atoms with Gasteiger partial charge in [-0.1, -0.05) is 29.8 Å². The first-order valence-corrected chi connectivity index (χ1v) is 7.54. The van der Waals surface area contributed by atoms with Crippen molar-refractivity contribution < 1.29 is 9.13 Å². The number of alkyl halides is 1. The molecule has 0 aliphatic carbocycles. The minimum absolute atomic E-state index is 0.359. The Kier molecular flexibility index (Phi) is 5.30. The Morgan fingerprint density at radius 1 is 1.30 bits per heavy atom. The third-order valence-corrected chi connectivity index (χ3v) is 4.33. The molecule has 5 heteroatoms. The molecular formula is C15H12BrCl2FO. The molecule has 1 nitrogen and oxygen atoms in total. The third kappa shape index (κ3) is 3.46. The van der Waals surface area contributed by atoms with Crippen molar-refractivity contribution in [3.8, 4) is 5.75 Å². The molecule has 0 spiro atoms.